The Balaban J connectivity index is 0.00000337. The summed E-state index contributed by atoms with van der Waals surface area (Å²) in [7, 11) is 0. The predicted octanol–water partition coefficient (Wildman–Crippen LogP) is 9.23. The van der Waals surface area contributed by atoms with Crippen LogP contribution in [0, 0.1) is 12.1 Å². The van der Waals surface area contributed by atoms with E-state index in [-0.39, 0.29) is 31.9 Å². The molecular formula is C36H33N3OPt. The van der Waals surface area contributed by atoms with Crippen molar-refractivity contribution in [2.75, 3.05) is 0 Å². The Labute approximate surface area is 256 Å². The monoisotopic (exact) mass is 718 g/mol. The van der Waals surface area contributed by atoms with Gasteiger partial charge >= 0.3 is 21.1 Å². The van der Waals surface area contributed by atoms with Crippen LogP contribution < -0.4 is 4.74 Å². The predicted molar refractivity (Wildman–Crippen MR) is 163 cm³/mol. The zero-order chi connectivity index (χ0) is 28.1. The molecule has 4 nitrogen and oxygen atoms in total. The molecule has 0 bridgehead atoms. The molecule has 0 radical (unpaired) electrons. The first-order valence-electron chi connectivity index (χ1n) is 13.7. The molecule has 41 heavy (non-hydrogen) atoms. The SMILES string of the molecule is CC(C)(C)c1cc(-n2c3[c-]c(-c4[c-]c(Oc5ccccn5)ccc4)ccc3c3ccccc32)nc(C(C)(C)C)c1.[Pt+2]. The summed E-state index contributed by atoms with van der Waals surface area (Å²) < 4.78 is 8.22. The molecule has 0 saturated carbocycles. The molecule has 0 aliphatic carbocycles. The van der Waals surface area contributed by atoms with Gasteiger partial charge in [0.25, 0.3) is 0 Å². The molecule has 0 saturated heterocycles. The molecule has 6 rings (SSSR count). The molecule has 208 valence electrons. The summed E-state index contributed by atoms with van der Waals surface area (Å²) in [6, 6.07) is 35.9. The second kappa shape index (κ2) is 10.9. The van der Waals surface area contributed by atoms with Gasteiger partial charge in [-0.05, 0) is 46.1 Å². The first kappa shape index (κ1) is 28.8. The molecule has 0 unspecified atom stereocenters. The number of benzene rings is 3. The Morgan fingerprint density at radius 1 is 0.707 bits per heavy atom. The van der Waals surface area contributed by atoms with Crippen molar-refractivity contribution in [3.63, 3.8) is 0 Å². The van der Waals surface area contributed by atoms with Crippen molar-refractivity contribution in [3.8, 4) is 28.6 Å². The van der Waals surface area contributed by atoms with Crippen molar-refractivity contribution in [1.29, 1.82) is 0 Å². The van der Waals surface area contributed by atoms with Gasteiger partial charge in [0.05, 0.1) is 0 Å². The maximum Gasteiger partial charge on any atom is 2.00 e. The summed E-state index contributed by atoms with van der Waals surface area (Å²) in [5.41, 5.74) is 6.16. The van der Waals surface area contributed by atoms with Gasteiger partial charge in [-0.1, -0.05) is 71.2 Å². The van der Waals surface area contributed by atoms with Gasteiger partial charge < -0.3 is 9.30 Å². The molecule has 0 amide bonds. The van der Waals surface area contributed by atoms with Gasteiger partial charge in [0.15, 0.2) is 0 Å². The van der Waals surface area contributed by atoms with Gasteiger partial charge in [0, 0.05) is 34.6 Å². The van der Waals surface area contributed by atoms with Gasteiger partial charge in [-0.3, -0.25) is 0 Å². The van der Waals surface area contributed by atoms with Gasteiger partial charge in [0.1, 0.15) is 5.82 Å². The van der Waals surface area contributed by atoms with E-state index >= 15 is 0 Å². The summed E-state index contributed by atoms with van der Waals surface area (Å²) in [6.07, 6.45) is 1.72. The summed E-state index contributed by atoms with van der Waals surface area (Å²) in [5.74, 6) is 2.06. The number of fused-ring (bicyclic) bond motifs is 3. The van der Waals surface area contributed by atoms with Crippen LogP contribution >= 0.6 is 0 Å². The van der Waals surface area contributed by atoms with E-state index in [0.29, 0.717) is 11.6 Å². The summed E-state index contributed by atoms with van der Waals surface area (Å²) in [5, 5.41) is 2.32. The summed E-state index contributed by atoms with van der Waals surface area (Å²) >= 11 is 0. The molecule has 0 spiro atoms. The molecule has 6 aromatic rings. The van der Waals surface area contributed by atoms with Gasteiger partial charge in [-0.15, -0.1) is 18.2 Å². The van der Waals surface area contributed by atoms with E-state index in [2.05, 4.69) is 112 Å². The van der Waals surface area contributed by atoms with Crippen molar-refractivity contribution in [2.45, 2.75) is 52.4 Å². The van der Waals surface area contributed by atoms with Crippen LogP contribution in [0.15, 0.2) is 91.1 Å². The van der Waals surface area contributed by atoms with E-state index < -0.39 is 0 Å². The Morgan fingerprint density at radius 3 is 2.20 bits per heavy atom. The fourth-order valence-electron chi connectivity index (χ4n) is 4.92. The van der Waals surface area contributed by atoms with Crippen molar-refractivity contribution in [1.82, 2.24) is 14.5 Å². The summed E-state index contributed by atoms with van der Waals surface area (Å²) in [4.78, 5) is 9.51. The number of ether oxygens (including phenoxy) is 1. The third kappa shape index (κ3) is 5.72. The minimum Gasteiger partial charge on any atom is -0.460 e. The Hall–Kier alpha value is -3.75. The van der Waals surface area contributed by atoms with Crippen molar-refractivity contribution >= 4 is 21.8 Å². The molecular weight excluding hydrogens is 685 g/mol. The largest absolute Gasteiger partial charge is 2.00 e. The van der Waals surface area contributed by atoms with E-state index in [1.807, 2.05) is 36.4 Å². The van der Waals surface area contributed by atoms with Crippen LogP contribution in [0.25, 0.3) is 38.8 Å². The van der Waals surface area contributed by atoms with Crippen LogP contribution in [0.4, 0.5) is 0 Å². The number of rotatable bonds is 4. The molecule has 3 heterocycles. The Bertz CT molecular complexity index is 1810. The normalized spacial score (nSPS) is 12.0. The average molecular weight is 719 g/mol. The molecule has 0 fully saturated rings. The van der Waals surface area contributed by atoms with E-state index in [4.69, 9.17) is 9.72 Å². The van der Waals surface area contributed by atoms with Crippen LogP contribution in [0.5, 0.6) is 11.6 Å². The third-order valence-electron chi connectivity index (χ3n) is 7.17. The molecule has 0 aliphatic heterocycles. The van der Waals surface area contributed by atoms with Crippen LogP contribution in [0.1, 0.15) is 52.8 Å². The second-order valence-corrected chi connectivity index (χ2v) is 12.3. The fraction of sp³-hybridized carbons (Fsp3) is 0.222. The minimum absolute atomic E-state index is 0. The van der Waals surface area contributed by atoms with Gasteiger partial charge in [-0.2, -0.15) is 24.3 Å². The molecule has 0 aliphatic rings. The van der Waals surface area contributed by atoms with Crippen molar-refractivity contribution in [2.24, 2.45) is 0 Å². The molecule has 3 aromatic heterocycles. The van der Waals surface area contributed by atoms with Crippen molar-refractivity contribution < 1.29 is 25.8 Å². The zero-order valence-electron chi connectivity index (χ0n) is 24.2. The second-order valence-electron chi connectivity index (χ2n) is 12.3. The molecule has 0 atom stereocenters. The van der Waals surface area contributed by atoms with Crippen LogP contribution in [0.2, 0.25) is 0 Å². The summed E-state index contributed by atoms with van der Waals surface area (Å²) in [6.45, 7) is 13.4. The number of nitrogens with zero attached hydrogens (tertiary/aromatic N) is 3. The van der Waals surface area contributed by atoms with E-state index in [1.165, 1.54) is 10.9 Å². The number of aromatic nitrogens is 3. The van der Waals surface area contributed by atoms with E-state index in [1.54, 1.807) is 6.20 Å². The maximum absolute atomic E-state index is 5.96. The number of hydrogen-bond acceptors (Lipinski definition) is 3. The minimum atomic E-state index is -0.0906. The fourth-order valence-corrected chi connectivity index (χ4v) is 4.92. The van der Waals surface area contributed by atoms with Crippen molar-refractivity contribution in [3.05, 3.63) is 115 Å². The van der Waals surface area contributed by atoms with Gasteiger partial charge in [0.2, 0.25) is 5.88 Å². The third-order valence-corrected chi connectivity index (χ3v) is 7.17. The standard InChI is InChI=1S/C36H33N3O.Pt/c1-35(2,3)26-22-32(36(4,5)6)38-33(23-26)39-30-15-8-7-14-28(30)29-18-17-25(21-31(29)39)24-12-11-13-27(20-24)40-34-16-9-10-19-37-34;/h7-19,22-23H,1-6H3;/q-2;+2. The van der Waals surface area contributed by atoms with Crippen LogP contribution in [-0.2, 0) is 31.9 Å². The zero-order valence-corrected chi connectivity index (χ0v) is 26.5. The average Bonchev–Trinajstić information content (AvgIpc) is 3.26. The number of para-hydroxylation sites is 1. The Morgan fingerprint density at radius 2 is 1.46 bits per heavy atom. The topological polar surface area (TPSA) is 39.9 Å². The first-order valence-corrected chi connectivity index (χ1v) is 13.7. The molecule has 0 N–H and O–H groups in total. The maximum atomic E-state index is 5.96. The first-order chi connectivity index (χ1) is 19.1. The smallest absolute Gasteiger partial charge is 0.460 e. The van der Waals surface area contributed by atoms with Crippen LogP contribution in [0.3, 0.4) is 0 Å². The van der Waals surface area contributed by atoms with E-state index in [0.717, 1.165) is 39.1 Å². The number of pyridine rings is 2. The Kier molecular flexibility index (Phi) is 7.65. The van der Waals surface area contributed by atoms with Crippen LogP contribution in [-0.4, -0.2) is 14.5 Å². The number of hydrogen-bond donors (Lipinski definition) is 0. The van der Waals surface area contributed by atoms with E-state index in [9.17, 15) is 0 Å². The molecule has 3 aromatic carbocycles. The quantitative estimate of drug-likeness (QED) is 0.171. The van der Waals surface area contributed by atoms with Gasteiger partial charge in [-0.25, -0.2) is 21.1 Å². The molecule has 5 heteroatoms.